The lowest BCUT2D eigenvalue weighted by atomic mass is 9.96. The van der Waals surface area contributed by atoms with Crippen LogP contribution < -0.4 is 10.1 Å². The number of para-hydroxylation sites is 1. The normalized spacial score (nSPS) is 18.1. The molecule has 1 aliphatic heterocycles. The third kappa shape index (κ3) is 4.33. The van der Waals surface area contributed by atoms with Crippen molar-refractivity contribution in [3.8, 4) is 5.75 Å². The summed E-state index contributed by atoms with van der Waals surface area (Å²) >= 11 is -0.135. The Morgan fingerprint density at radius 3 is 2.90 bits per heavy atom. The Hall–Kier alpha value is -1.37. The van der Waals surface area contributed by atoms with Gasteiger partial charge in [-0.1, -0.05) is 18.2 Å². The second-order valence-electron chi connectivity index (χ2n) is 4.41. The van der Waals surface area contributed by atoms with Gasteiger partial charge in [-0.2, -0.15) is 13.2 Å². The van der Waals surface area contributed by atoms with Crippen molar-refractivity contribution in [2.45, 2.75) is 11.9 Å². The smallest absolute Gasteiger partial charge is 0.441 e. The molecule has 0 saturated heterocycles. The van der Waals surface area contributed by atoms with Crippen molar-refractivity contribution in [3.63, 3.8) is 0 Å². The molecule has 1 amide bonds. The van der Waals surface area contributed by atoms with Crippen LogP contribution in [0.25, 0.3) is 0 Å². The number of benzene rings is 1. The first-order valence-corrected chi connectivity index (χ1v) is 7.13. The fourth-order valence-electron chi connectivity index (χ4n) is 1.98. The van der Waals surface area contributed by atoms with Gasteiger partial charge in [0, 0.05) is 12.3 Å². The molecule has 0 spiro atoms. The van der Waals surface area contributed by atoms with E-state index in [1.54, 1.807) is 0 Å². The summed E-state index contributed by atoms with van der Waals surface area (Å²) in [5.74, 6) is -0.0217. The number of thioether (sulfide) groups is 1. The number of rotatable bonds is 4. The molecule has 1 aromatic carbocycles. The Morgan fingerprint density at radius 1 is 1.40 bits per heavy atom. The van der Waals surface area contributed by atoms with Crippen LogP contribution in [0, 0.1) is 5.92 Å². The van der Waals surface area contributed by atoms with Gasteiger partial charge in [0.25, 0.3) is 0 Å². The molecule has 1 aromatic rings. The van der Waals surface area contributed by atoms with E-state index in [0.717, 1.165) is 11.3 Å². The highest BCUT2D eigenvalue weighted by Crippen LogP contribution is 2.29. The Morgan fingerprint density at radius 2 is 2.15 bits per heavy atom. The van der Waals surface area contributed by atoms with Crippen LogP contribution in [0.3, 0.4) is 0 Å². The topological polar surface area (TPSA) is 38.3 Å². The standard InChI is InChI=1S/C13H14F3NO2S/c14-13(15,16)20-6-5-17-12(18)10-7-9-3-1-2-4-11(9)19-8-10/h1-4,10H,5-8H2,(H,17,18)/t10-/m0/s1. The number of alkyl halides is 3. The molecule has 1 heterocycles. The molecule has 20 heavy (non-hydrogen) atoms. The molecule has 3 nitrogen and oxygen atoms in total. The van der Waals surface area contributed by atoms with E-state index in [-0.39, 0.29) is 42.5 Å². The summed E-state index contributed by atoms with van der Waals surface area (Å²) < 4.78 is 41.3. The monoisotopic (exact) mass is 305 g/mol. The summed E-state index contributed by atoms with van der Waals surface area (Å²) in [7, 11) is 0. The Bertz CT molecular complexity index is 479. The van der Waals surface area contributed by atoms with E-state index in [9.17, 15) is 18.0 Å². The third-order valence-corrected chi connectivity index (χ3v) is 3.65. The van der Waals surface area contributed by atoms with Crippen LogP contribution in [0.5, 0.6) is 5.75 Å². The van der Waals surface area contributed by atoms with Crippen LogP contribution in [0.4, 0.5) is 13.2 Å². The number of halogens is 3. The molecule has 0 radical (unpaired) electrons. The van der Waals surface area contributed by atoms with E-state index in [4.69, 9.17) is 4.74 Å². The third-order valence-electron chi connectivity index (χ3n) is 2.92. The summed E-state index contributed by atoms with van der Waals surface area (Å²) in [6.45, 7) is 0.260. The van der Waals surface area contributed by atoms with Crippen molar-refractivity contribution in [2.75, 3.05) is 18.9 Å². The lowest BCUT2D eigenvalue weighted by molar-refractivity contribution is -0.126. The van der Waals surface area contributed by atoms with Gasteiger partial charge in [-0.15, -0.1) is 0 Å². The fourth-order valence-corrected chi connectivity index (χ4v) is 2.42. The number of carbonyl (C=O) groups excluding carboxylic acids is 1. The highest BCUT2D eigenvalue weighted by Gasteiger charge is 2.28. The minimum absolute atomic E-state index is 0.00115. The molecular weight excluding hydrogens is 291 g/mol. The van der Waals surface area contributed by atoms with Crippen LogP contribution in [0.1, 0.15) is 5.56 Å². The number of amides is 1. The Balaban J connectivity index is 1.77. The van der Waals surface area contributed by atoms with Crippen LogP contribution >= 0.6 is 11.8 Å². The molecule has 110 valence electrons. The lowest BCUT2D eigenvalue weighted by Gasteiger charge is -2.24. The SMILES string of the molecule is O=C(NCCSC(F)(F)F)[C@@H]1COc2ccccc2C1. The van der Waals surface area contributed by atoms with Gasteiger partial charge in [-0.05, 0) is 29.8 Å². The van der Waals surface area contributed by atoms with Gasteiger partial charge in [0.1, 0.15) is 12.4 Å². The predicted octanol–water partition coefficient (Wildman–Crippen LogP) is 2.61. The highest BCUT2D eigenvalue weighted by molar-refractivity contribution is 8.00. The minimum atomic E-state index is -4.25. The summed E-state index contributed by atoms with van der Waals surface area (Å²) in [6.07, 6.45) is 0.550. The molecule has 1 aliphatic rings. The molecule has 2 rings (SSSR count). The van der Waals surface area contributed by atoms with Crippen molar-refractivity contribution in [3.05, 3.63) is 29.8 Å². The molecule has 1 N–H and O–H groups in total. The molecule has 0 aliphatic carbocycles. The van der Waals surface area contributed by atoms with Crippen LogP contribution in [0.2, 0.25) is 0 Å². The number of nitrogens with one attached hydrogen (secondary N) is 1. The first-order valence-electron chi connectivity index (χ1n) is 6.15. The largest absolute Gasteiger partial charge is 0.492 e. The number of carbonyl (C=O) groups is 1. The molecule has 1 atom stereocenters. The number of fused-ring (bicyclic) bond motifs is 1. The summed E-state index contributed by atoms with van der Waals surface area (Å²) in [4.78, 5) is 11.9. The van der Waals surface area contributed by atoms with E-state index in [0.29, 0.717) is 6.42 Å². The van der Waals surface area contributed by atoms with Crippen molar-refractivity contribution in [1.29, 1.82) is 0 Å². The Labute approximate surface area is 118 Å². The van der Waals surface area contributed by atoms with Gasteiger partial charge < -0.3 is 10.1 Å². The van der Waals surface area contributed by atoms with E-state index in [1.807, 2.05) is 24.3 Å². The molecule has 7 heteroatoms. The number of ether oxygens (including phenoxy) is 1. The second-order valence-corrected chi connectivity index (χ2v) is 5.56. The van der Waals surface area contributed by atoms with Gasteiger partial charge in [-0.3, -0.25) is 4.79 Å². The molecule has 0 bridgehead atoms. The zero-order chi connectivity index (χ0) is 14.6. The number of hydrogen-bond acceptors (Lipinski definition) is 3. The maximum atomic E-state index is 11.9. The van der Waals surface area contributed by atoms with E-state index in [1.165, 1.54) is 0 Å². The molecular formula is C13H14F3NO2S. The first-order chi connectivity index (χ1) is 9.46. The van der Waals surface area contributed by atoms with Crippen molar-refractivity contribution >= 4 is 17.7 Å². The quantitative estimate of drug-likeness (QED) is 0.869. The maximum absolute atomic E-state index is 11.9. The van der Waals surface area contributed by atoms with Crippen LogP contribution in [-0.4, -0.2) is 30.3 Å². The maximum Gasteiger partial charge on any atom is 0.441 e. The van der Waals surface area contributed by atoms with Gasteiger partial charge >= 0.3 is 5.51 Å². The van der Waals surface area contributed by atoms with E-state index >= 15 is 0 Å². The second kappa shape index (κ2) is 6.39. The Kier molecular flexibility index (Phi) is 4.80. The average Bonchev–Trinajstić information content (AvgIpc) is 2.42. The van der Waals surface area contributed by atoms with Gasteiger partial charge in [0.2, 0.25) is 5.91 Å². The summed E-state index contributed by atoms with van der Waals surface area (Å²) in [5, 5.41) is 2.52. The van der Waals surface area contributed by atoms with E-state index in [2.05, 4.69) is 5.32 Å². The lowest BCUT2D eigenvalue weighted by Crippen LogP contribution is -2.38. The average molecular weight is 305 g/mol. The molecule has 0 aromatic heterocycles. The van der Waals surface area contributed by atoms with Crippen molar-refractivity contribution < 1.29 is 22.7 Å². The summed E-state index contributed by atoms with van der Waals surface area (Å²) in [6, 6.07) is 7.44. The predicted molar refractivity (Wildman–Crippen MR) is 70.7 cm³/mol. The van der Waals surface area contributed by atoms with Crippen LogP contribution in [-0.2, 0) is 11.2 Å². The fraction of sp³-hybridized carbons (Fsp3) is 0.462. The van der Waals surface area contributed by atoms with Gasteiger partial charge in [0.05, 0.1) is 5.92 Å². The highest BCUT2D eigenvalue weighted by atomic mass is 32.2. The van der Waals surface area contributed by atoms with Gasteiger partial charge in [0.15, 0.2) is 0 Å². The molecule has 0 saturated carbocycles. The number of hydrogen-bond donors (Lipinski definition) is 1. The first kappa shape index (κ1) is 15.0. The van der Waals surface area contributed by atoms with Crippen molar-refractivity contribution in [2.24, 2.45) is 5.92 Å². The van der Waals surface area contributed by atoms with E-state index < -0.39 is 5.51 Å². The summed E-state index contributed by atoms with van der Waals surface area (Å²) in [5.41, 5.74) is -3.30. The van der Waals surface area contributed by atoms with Crippen molar-refractivity contribution in [1.82, 2.24) is 5.32 Å². The van der Waals surface area contributed by atoms with Gasteiger partial charge in [-0.25, -0.2) is 0 Å². The molecule has 0 unspecified atom stereocenters. The van der Waals surface area contributed by atoms with Crippen LogP contribution in [0.15, 0.2) is 24.3 Å². The zero-order valence-electron chi connectivity index (χ0n) is 10.6. The minimum Gasteiger partial charge on any atom is -0.492 e. The zero-order valence-corrected chi connectivity index (χ0v) is 11.4. The molecule has 0 fully saturated rings.